The third-order valence-electron chi connectivity index (χ3n) is 4.03. The summed E-state index contributed by atoms with van der Waals surface area (Å²) in [5, 5.41) is 9.78. The fourth-order valence-corrected chi connectivity index (χ4v) is 3.19. The Morgan fingerprint density at radius 3 is 2.54 bits per heavy atom. The second kappa shape index (κ2) is 7.72. The molecular weight excluding hydrogens is 403 g/mol. The summed E-state index contributed by atoms with van der Waals surface area (Å²) in [6.45, 7) is 0.0831. The Morgan fingerprint density at radius 1 is 1.23 bits per heavy atom. The van der Waals surface area contributed by atoms with Gasteiger partial charge in [0.15, 0.2) is 11.9 Å². The van der Waals surface area contributed by atoms with E-state index in [0.717, 1.165) is 0 Å². The topological polar surface area (TPSA) is 116 Å². The molecule has 138 valence electrons. The number of hydrogen-bond acceptors (Lipinski definition) is 5. The van der Waals surface area contributed by atoms with Crippen molar-refractivity contribution in [3.63, 3.8) is 0 Å². The molecule has 0 aromatic heterocycles. The molecule has 1 heterocycles. The molecule has 0 fully saturated rings. The molecule has 2 aromatic rings. The largest absolute Gasteiger partial charge is 0.508 e. The van der Waals surface area contributed by atoms with Crippen LogP contribution in [0.15, 0.2) is 24.3 Å². The molecule has 0 saturated heterocycles. The first-order valence-electron chi connectivity index (χ1n) is 7.37. The number of primary amides is 1. The van der Waals surface area contributed by atoms with Gasteiger partial charge in [-0.15, -0.1) is 12.4 Å². The number of carbonyl (C=O) groups excluding carboxylic acids is 2. The van der Waals surface area contributed by atoms with E-state index >= 15 is 0 Å². The zero-order chi connectivity index (χ0) is 18.3. The van der Waals surface area contributed by atoms with Crippen LogP contribution in [0, 0.1) is 0 Å². The number of fused-ring (bicyclic) bond motifs is 1. The summed E-state index contributed by atoms with van der Waals surface area (Å²) in [5.74, 6) is -0.732. The van der Waals surface area contributed by atoms with Crippen LogP contribution in [-0.2, 0) is 17.8 Å². The quantitative estimate of drug-likeness (QED) is 0.661. The van der Waals surface area contributed by atoms with E-state index in [9.17, 15) is 14.7 Å². The van der Waals surface area contributed by atoms with Crippen LogP contribution in [-0.4, -0.2) is 22.9 Å². The Bertz CT molecular complexity index is 902. The number of halogens is 3. The summed E-state index contributed by atoms with van der Waals surface area (Å²) in [6, 6.07) is 5.91. The zero-order valence-electron chi connectivity index (χ0n) is 13.3. The number of aromatic hydroxyl groups is 1. The summed E-state index contributed by atoms with van der Waals surface area (Å²) in [5.41, 5.74) is 12.3. The van der Waals surface area contributed by atoms with Crippen molar-refractivity contribution in [2.45, 2.75) is 19.1 Å². The van der Waals surface area contributed by atoms with Gasteiger partial charge < -0.3 is 21.3 Å². The first-order valence-corrected chi connectivity index (χ1v) is 8.12. The van der Waals surface area contributed by atoms with Crippen molar-refractivity contribution in [3.8, 4) is 11.5 Å². The number of nitrogens with two attached hydrogens (primary N) is 2. The highest BCUT2D eigenvalue weighted by Crippen LogP contribution is 2.43. The summed E-state index contributed by atoms with van der Waals surface area (Å²) >= 11 is 12.4. The molecule has 9 heteroatoms. The van der Waals surface area contributed by atoms with Crippen LogP contribution < -0.4 is 16.2 Å². The fourth-order valence-electron chi connectivity index (χ4n) is 2.69. The summed E-state index contributed by atoms with van der Waals surface area (Å²) < 4.78 is 5.42. The van der Waals surface area contributed by atoms with Crippen molar-refractivity contribution in [1.29, 1.82) is 0 Å². The van der Waals surface area contributed by atoms with E-state index in [2.05, 4.69) is 0 Å². The van der Waals surface area contributed by atoms with Crippen LogP contribution in [0.3, 0.4) is 0 Å². The zero-order valence-corrected chi connectivity index (χ0v) is 15.6. The molecule has 3 rings (SSSR count). The van der Waals surface area contributed by atoms with Crippen LogP contribution in [0.2, 0.25) is 10.0 Å². The van der Waals surface area contributed by atoms with Gasteiger partial charge in [-0.25, -0.2) is 0 Å². The maximum Gasteiger partial charge on any atom is 0.258 e. The number of carbonyl (C=O) groups is 2. The lowest BCUT2D eigenvalue weighted by Crippen LogP contribution is -2.31. The smallest absolute Gasteiger partial charge is 0.258 e. The van der Waals surface area contributed by atoms with E-state index in [-0.39, 0.29) is 58.3 Å². The Morgan fingerprint density at radius 2 is 1.92 bits per heavy atom. The maximum atomic E-state index is 12.8. The van der Waals surface area contributed by atoms with Crippen LogP contribution in [0.5, 0.6) is 11.5 Å². The minimum absolute atomic E-state index is 0. The monoisotopic (exact) mass is 416 g/mol. The van der Waals surface area contributed by atoms with Gasteiger partial charge >= 0.3 is 0 Å². The molecule has 6 nitrogen and oxygen atoms in total. The number of hydrogen-bond donors (Lipinski definition) is 3. The predicted octanol–water partition coefficient (Wildman–Crippen LogP) is 2.60. The maximum absolute atomic E-state index is 12.8. The number of phenols is 1. The second-order valence-electron chi connectivity index (χ2n) is 5.63. The number of ether oxygens (including phenoxy) is 1. The number of ketones is 1. The average molecular weight is 418 g/mol. The molecule has 26 heavy (non-hydrogen) atoms. The summed E-state index contributed by atoms with van der Waals surface area (Å²) in [6.07, 6.45) is -0.628. The van der Waals surface area contributed by atoms with Crippen molar-refractivity contribution in [3.05, 3.63) is 56.6 Å². The number of benzene rings is 2. The Labute approximate surface area is 165 Å². The van der Waals surface area contributed by atoms with Gasteiger partial charge in [0.2, 0.25) is 0 Å². The molecular formula is C17H15Cl3N2O4. The molecule has 2 aromatic carbocycles. The minimum Gasteiger partial charge on any atom is -0.508 e. The Kier molecular flexibility index (Phi) is 6.03. The fraction of sp³-hybridized carbons (Fsp3) is 0.176. The van der Waals surface area contributed by atoms with Gasteiger partial charge in [0, 0.05) is 35.2 Å². The van der Waals surface area contributed by atoms with Gasteiger partial charge in [-0.2, -0.15) is 0 Å². The predicted molar refractivity (Wildman–Crippen MR) is 100 cm³/mol. The van der Waals surface area contributed by atoms with E-state index in [1.165, 1.54) is 18.2 Å². The Balaban J connectivity index is 0.00000243. The van der Waals surface area contributed by atoms with E-state index in [1.54, 1.807) is 6.07 Å². The highest BCUT2D eigenvalue weighted by molar-refractivity contribution is 6.45. The van der Waals surface area contributed by atoms with Crippen LogP contribution in [0.25, 0.3) is 0 Å². The van der Waals surface area contributed by atoms with Gasteiger partial charge in [0.05, 0.1) is 5.02 Å². The molecule has 0 bridgehead atoms. The lowest BCUT2D eigenvalue weighted by Gasteiger charge is -2.11. The van der Waals surface area contributed by atoms with Gasteiger partial charge in [-0.3, -0.25) is 9.59 Å². The molecule has 1 atom stereocenters. The third-order valence-corrected chi connectivity index (χ3v) is 4.88. The average Bonchev–Trinajstić information content (AvgIpc) is 3.02. The van der Waals surface area contributed by atoms with Crippen molar-refractivity contribution in [2.24, 2.45) is 11.5 Å². The Hall–Kier alpha value is -1.99. The van der Waals surface area contributed by atoms with Gasteiger partial charge in [-0.1, -0.05) is 23.2 Å². The van der Waals surface area contributed by atoms with Crippen molar-refractivity contribution in [2.75, 3.05) is 0 Å². The van der Waals surface area contributed by atoms with Gasteiger partial charge in [0.25, 0.3) is 5.91 Å². The molecule has 0 aliphatic carbocycles. The molecule has 1 unspecified atom stereocenters. The molecule has 5 N–H and O–H groups in total. The third kappa shape index (κ3) is 3.46. The molecule has 1 aliphatic rings. The summed E-state index contributed by atoms with van der Waals surface area (Å²) in [7, 11) is 0. The second-order valence-corrected chi connectivity index (χ2v) is 6.39. The van der Waals surface area contributed by atoms with Crippen LogP contribution in [0.4, 0.5) is 0 Å². The summed E-state index contributed by atoms with van der Waals surface area (Å²) in [4.78, 5) is 24.1. The SMILES string of the molecule is Cl.NCc1cc(C(=O)c2cc3c(c(Cl)c2Cl)OC(C(N)=O)C3)ccc1O. The lowest BCUT2D eigenvalue weighted by atomic mass is 9.98. The minimum atomic E-state index is -0.841. The van der Waals surface area contributed by atoms with E-state index in [4.69, 9.17) is 39.4 Å². The molecule has 1 amide bonds. The van der Waals surface area contributed by atoms with Crippen molar-refractivity contribution >= 4 is 47.3 Å². The normalized spacial score (nSPS) is 15.0. The first kappa shape index (κ1) is 20.3. The lowest BCUT2D eigenvalue weighted by molar-refractivity contribution is -0.123. The molecule has 0 radical (unpaired) electrons. The number of amides is 1. The number of rotatable bonds is 4. The molecule has 1 aliphatic heterocycles. The van der Waals surface area contributed by atoms with E-state index in [0.29, 0.717) is 16.7 Å². The number of phenolic OH excluding ortho intramolecular Hbond substituents is 1. The standard InChI is InChI=1S/C17H14Cl2N2O4.ClH/c18-13-10(15(23)7-1-2-11(22)9(3-7)6-20)4-8-5-12(17(21)24)25-16(8)14(13)19;/h1-4,12,22H,5-6,20H2,(H2,21,24);1H. The van der Waals surface area contributed by atoms with E-state index in [1.807, 2.05) is 0 Å². The molecule has 0 spiro atoms. The highest BCUT2D eigenvalue weighted by Gasteiger charge is 2.32. The first-order chi connectivity index (χ1) is 11.8. The van der Waals surface area contributed by atoms with Gasteiger partial charge in [0.1, 0.15) is 16.5 Å². The van der Waals surface area contributed by atoms with Crippen LogP contribution in [0.1, 0.15) is 27.0 Å². The van der Waals surface area contributed by atoms with Crippen molar-refractivity contribution in [1.82, 2.24) is 0 Å². The van der Waals surface area contributed by atoms with Crippen LogP contribution >= 0.6 is 35.6 Å². The van der Waals surface area contributed by atoms with E-state index < -0.39 is 12.0 Å². The van der Waals surface area contributed by atoms with Gasteiger partial charge in [-0.05, 0) is 24.3 Å². The van der Waals surface area contributed by atoms with Crippen molar-refractivity contribution < 1.29 is 19.4 Å². The molecule has 0 saturated carbocycles. The highest BCUT2D eigenvalue weighted by atomic mass is 35.5.